The Kier molecular flexibility index (Phi) is 7.22. The van der Waals surface area contributed by atoms with Gasteiger partial charge in [0.2, 0.25) is 0 Å². The Morgan fingerprint density at radius 3 is 2.13 bits per heavy atom. The van der Waals surface area contributed by atoms with Crippen LogP contribution in [0.1, 0.15) is 15.2 Å². The molecule has 5 heteroatoms. The first-order chi connectivity index (χ1) is 19.0. The van der Waals surface area contributed by atoms with Crippen LogP contribution in [0.25, 0.3) is 44.5 Å². The predicted octanol–water partition coefficient (Wildman–Crippen LogP) is 8.16. The number of hydrogen-bond acceptors (Lipinski definition) is 3. The molecule has 0 aliphatic heterocycles. The zero-order valence-corrected chi connectivity index (χ0v) is 25.2. The van der Waals surface area contributed by atoms with Gasteiger partial charge in [0.15, 0.2) is 0 Å². The fourth-order valence-corrected chi connectivity index (χ4v) is 5.73. The summed E-state index contributed by atoms with van der Waals surface area (Å²) in [6.45, 7) is 6.78. The predicted molar refractivity (Wildman–Crippen MR) is 157 cm³/mol. The Labute approximate surface area is 243 Å². The number of benzene rings is 3. The number of pyridine rings is 2. The van der Waals surface area contributed by atoms with Gasteiger partial charge in [-0.3, -0.25) is 0 Å². The number of hydrogen-bond donors (Lipinski definition) is 0. The Morgan fingerprint density at radius 1 is 0.737 bits per heavy atom. The zero-order valence-electron chi connectivity index (χ0n) is 24.8. The third kappa shape index (κ3) is 5.86. The molecule has 0 aliphatic rings. The Balaban J connectivity index is 0.000000233. The molecule has 6 rings (SSSR count). The Hall–Kier alpha value is -3.37. The summed E-state index contributed by atoms with van der Waals surface area (Å²) in [5.74, 6) is 0. The zero-order chi connectivity index (χ0) is 28.5. The van der Waals surface area contributed by atoms with Gasteiger partial charge in [0.25, 0.3) is 0 Å². The molecule has 3 nitrogen and oxygen atoms in total. The SMILES string of the molecule is Cc1ccc(-c2[c-]cccc2)nc1.[2H]C([2H])([2H])c1ccc(-c2[c-]ccc3c2oc2c([Si](C)(C)C)cccc23)nc1.[Ir]. The van der Waals surface area contributed by atoms with Gasteiger partial charge in [-0.2, -0.15) is 0 Å². The molecule has 38 heavy (non-hydrogen) atoms. The van der Waals surface area contributed by atoms with E-state index in [2.05, 4.69) is 66.0 Å². The minimum atomic E-state index is -2.16. The van der Waals surface area contributed by atoms with Crippen molar-refractivity contribution in [3.63, 3.8) is 0 Å². The van der Waals surface area contributed by atoms with Gasteiger partial charge in [-0.25, -0.2) is 0 Å². The van der Waals surface area contributed by atoms with Crippen molar-refractivity contribution in [3.8, 4) is 22.5 Å². The topological polar surface area (TPSA) is 38.9 Å². The molecule has 3 heterocycles. The fraction of sp³-hybridized carbons (Fsp3) is 0.152. The molecule has 0 bridgehead atoms. The first-order valence-corrected chi connectivity index (χ1v) is 15.8. The number of rotatable bonds is 3. The molecule has 0 saturated carbocycles. The van der Waals surface area contributed by atoms with Crippen molar-refractivity contribution >= 4 is 35.2 Å². The van der Waals surface area contributed by atoms with Crippen LogP contribution in [0.4, 0.5) is 0 Å². The van der Waals surface area contributed by atoms with E-state index in [-0.39, 0.29) is 25.7 Å². The molecular formula is C33H30IrN2OSi-2. The quantitative estimate of drug-likeness (QED) is 0.139. The van der Waals surface area contributed by atoms with Crippen LogP contribution in [0.5, 0.6) is 0 Å². The van der Waals surface area contributed by atoms with Crippen molar-refractivity contribution in [2.75, 3.05) is 0 Å². The van der Waals surface area contributed by atoms with Crippen molar-refractivity contribution in [3.05, 3.63) is 115 Å². The minimum Gasteiger partial charge on any atom is -0.501 e. The molecule has 0 atom stereocenters. The van der Waals surface area contributed by atoms with E-state index in [1.54, 1.807) is 12.1 Å². The van der Waals surface area contributed by atoms with Crippen LogP contribution in [0.15, 0.2) is 95.7 Å². The summed E-state index contributed by atoms with van der Waals surface area (Å²) in [5, 5.41) is 3.41. The summed E-state index contributed by atoms with van der Waals surface area (Å²) in [6, 6.07) is 31.8. The van der Waals surface area contributed by atoms with Crippen LogP contribution in [0.2, 0.25) is 19.6 Å². The average molecular weight is 694 g/mol. The summed E-state index contributed by atoms with van der Waals surface area (Å²) in [7, 11) is -1.57. The number of aryl methyl sites for hydroxylation is 2. The van der Waals surface area contributed by atoms with Crippen molar-refractivity contribution in [2.24, 2.45) is 0 Å². The number of nitrogens with zero attached hydrogens (tertiary/aromatic N) is 2. The molecule has 3 aromatic carbocycles. The van der Waals surface area contributed by atoms with E-state index < -0.39 is 14.9 Å². The Bertz CT molecular complexity index is 1760. The molecule has 193 valence electrons. The first kappa shape index (κ1) is 23.7. The largest absolute Gasteiger partial charge is 0.501 e. The van der Waals surface area contributed by atoms with E-state index in [1.807, 2.05) is 55.6 Å². The third-order valence-electron chi connectivity index (χ3n) is 6.18. The van der Waals surface area contributed by atoms with Gasteiger partial charge in [0.1, 0.15) is 5.58 Å². The summed E-state index contributed by atoms with van der Waals surface area (Å²) in [6.07, 6.45) is 3.28. The molecule has 0 saturated heterocycles. The smallest absolute Gasteiger partial charge is 0.120 e. The van der Waals surface area contributed by atoms with E-state index >= 15 is 0 Å². The van der Waals surface area contributed by atoms with Gasteiger partial charge >= 0.3 is 0 Å². The van der Waals surface area contributed by atoms with Crippen LogP contribution < -0.4 is 5.19 Å². The number of fused-ring (bicyclic) bond motifs is 3. The molecular weight excluding hydrogens is 661 g/mol. The van der Waals surface area contributed by atoms with Gasteiger partial charge < -0.3 is 14.4 Å². The van der Waals surface area contributed by atoms with Crippen LogP contribution in [-0.2, 0) is 20.1 Å². The maximum atomic E-state index is 7.51. The van der Waals surface area contributed by atoms with Crippen molar-refractivity contribution < 1.29 is 28.6 Å². The second kappa shape index (κ2) is 11.6. The molecule has 0 spiro atoms. The van der Waals surface area contributed by atoms with E-state index in [4.69, 9.17) is 8.53 Å². The van der Waals surface area contributed by atoms with Gasteiger partial charge in [-0.15, -0.1) is 54.1 Å². The maximum Gasteiger partial charge on any atom is 0.120 e. The van der Waals surface area contributed by atoms with Crippen LogP contribution in [0.3, 0.4) is 0 Å². The van der Waals surface area contributed by atoms with Crippen LogP contribution in [-0.4, -0.2) is 18.0 Å². The molecule has 0 unspecified atom stereocenters. The fourth-order valence-electron chi connectivity index (χ4n) is 4.27. The van der Waals surface area contributed by atoms with E-state index in [0.717, 1.165) is 38.8 Å². The molecule has 0 aliphatic carbocycles. The summed E-state index contributed by atoms with van der Waals surface area (Å²) < 4.78 is 28.9. The van der Waals surface area contributed by atoms with Crippen LogP contribution >= 0.6 is 0 Å². The number of aromatic nitrogens is 2. The van der Waals surface area contributed by atoms with Crippen LogP contribution in [0, 0.1) is 25.9 Å². The Morgan fingerprint density at radius 2 is 1.47 bits per heavy atom. The molecule has 3 aromatic heterocycles. The maximum absolute atomic E-state index is 7.51. The number of para-hydroxylation sites is 1. The second-order valence-corrected chi connectivity index (χ2v) is 15.1. The normalized spacial score (nSPS) is 12.6. The standard InChI is InChI=1S/C21H20NOSi.C12H10N.Ir/c1-14-11-12-18(22-13-14)17-9-5-7-15-16-8-6-10-19(24(2,3)4)21(16)23-20(15)17;1-10-7-8-12(13-9-10)11-5-3-2-4-6-11;/h5-8,10-13H,1-4H3;2-5,7-9H,1H3;/q2*-1;/i1D3;;. The summed E-state index contributed by atoms with van der Waals surface area (Å²) in [4.78, 5) is 8.68. The minimum absolute atomic E-state index is 0. The van der Waals surface area contributed by atoms with Crippen molar-refractivity contribution in [1.29, 1.82) is 0 Å². The van der Waals surface area contributed by atoms with Gasteiger partial charge in [-0.1, -0.05) is 73.1 Å². The molecule has 0 N–H and O–H groups in total. The van der Waals surface area contributed by atoms with Crippen molar-refractivity contribution in [2.45, 2.75) is 33.4 Å². The second-order valence-electron chi connectivity index (χ2n) is 10.1. The molecule has 0 fully saturated rings. The molecule has 0 amide bonds. The first-order valence-electron chi connectivity index (χ1n) is 13.8. The summed E-state index contributed by atoms with van der Waals surface area (Å²) in [5.41, 5.74) is 6.51. The van der Waals surface area contributed by atoms with E-state index in [0.29, 0.717) is 5.69 Å². The van der Waals surface area contributed by atoms with Gasteiger partial charge in [0.05, 0.1) is 13.7 Å². The molecule has 1 radical (unpaired) electrons. The number of furan rings is 1. The summed E-state index contributed by atoms with van der Waals surface area (Å²) >= 11 is 0. The third-order valence-corrected chi connectivity index (χ3v) is 8.19. The van der Waals surface area contributed by atoms with Gasteiger partial charge in [-0.05, 0) is 41.5 Å². The van der Waals surface area contributed by atoms with Crippen molar-refractivity contribution in [1.82, 2.24) is 9.97 Å². The molecule has 6 aromatic rings. The monoisotopic (exact) mass is 694 g/mol. The van der Waals surface area contributed by atoms with Gasteiger partial charge in [0, 0.05) is 42.0 Å². The van der Waals surface area contributed by atoms with E-state index in [1.165, 1.54) is 16.9 Å². The van der Waals surface area contributed by atoms with E-state index in [9.17, 15) is 0 Å². The average Bonchev–Trinajstić information content (AvgIpc) is 3.32.